The second-order valence-corrected chi connectivity index (χ2v) is 6.76. The van der Waals surface area contributed by atoms with E-state index in [1.807, 2.05) is 33.2 Å². The van der Waals surface area contributed by atoms with Gasteiger partial charge in [-0.2, -0.15) is 0 Å². The molecule has 2 heterocycles. The molecule has 0 saturated heterocycles. The van der Waals surface area contributed by atoms with Gasteiger partial charge in [0.15, 0.2) is 0 Å². The Balaban J connectivity index is 1.77. The number of nitrogens with zero attached hydrogens (tertiary/aromatic N) is 4. The van der Waals surface area contributed by atoms with Crippen molar-refractivity contribution < 1.29 is 14.6 Å². The largest absolute Gasteiger partial charge is 0.489 e. The Morgan fingerprint density at radius 3 is 2.92 bits per heavy atom. The molecule has 1 fully saturated rings. The molecule has 2 aromatic heterocycles. The first-order valence-electron chi connectivity index (χ1n) is 8.90. The SMILES string of the molecule is CNCc1c(-c2ccc(O[C@H]3CCC[C@H](C(=O)O)C3)c(C)n2)nnn1C. The van der Waals surface area contributed by atoms with Crippen molar-refractivity contribution >= 4 is 5.97 Å². The van der Waals surface area contributed by atoms with E-state index in [0.717, 1.165) is 42.0 Å². The van der Waals surface area contributed by atoms with Crippen LogP contribution in [0.25, 0.3) is 11.4 Å². The normalized spacial score (nSPS) is 20.1. The summed E-state index contributed by atoms with van der Waals surface area (Å²) in [6.45, 7) is 2.54. The van der Waals surface area contributed by atoms with Gasteiger partial charge in [-0.25, -0.2) is 4.98 Å². The Kier molecular flexibility index (Phi) is 5.51. The monoisotopic (exact) mass is 359 g/mol. The number of aryl methyl sites for hydroxylation is 2. The Bertz CT molecular complexity index is 789. The molecule has 26 heavy (non-hydrogen) atoms. The van der Waals surface area contributed by atoms with Crippen LogP contribution in [0.2, 0.25) is 0 Å². The quantitative estimate of drug-likeness (QED) is 0.812. The fourth-order valence-corrected chi connectivity index (χ4v) is 3.40. The molecule has 0 amide bonds. The molecule has 1 aliphatic carbocycles. The Labute approximate surface area is 152 Å². The third-order valence-electron chi connectivity index (χ3n) is 4.84. The zero-order chi connectivity index (χ0) is 18.7. The average molecular weight is 359 g/mol. The van der Waals surface area contributed by atoms with Crippen LogP contribution >= 0.6 is 0 Å². The van der Waals surface area contributed by atoms with Crippen LogP contribution in [0.3, 0.4) is 0 Å². The second kappa shape index (κ2) is 7.82. The number of carboxylic acids is 1. The van der Waals surface area contributed by atoms with E-state index >= 15 is 0 Å². The maximum atomic E-state index is 11.2. The number of aliphatic carboxylic acids is 1. The Hall–Kier alpha value is -2.48. The van der Waals surface area contributed by atoms with Gasteiger partial charge in [0.05, 0.1) is 29.1 Å². The molecule has 1 aliphatic rings. The standard InChI is InChI=1S/C18H25N5O3/c1-11-16(26-13-6-4-5-12(9-13)18(24)25)8-7-14(20-11)17-15(10-19-2)23(3)22-21-17/h7-8,12-13,19H,4-6,9-10H2,1-3H3,(H,24,25)/t12-,13-/m0/s1. The second-order valence-electron chi connectivity index (χ2n) is 6.76. The molecule has 0 spiro atoms. The van der Waals surface area contributed by atoms with Gasteiger partial charge in [-0.05, 0) is 51.8 Å². The molecule has 0 aromatic carbocycles. The summed E-state index contributed by atoms with van der Waals surface area (Å²) in [6.07, 6.45) is 2.95. The van der Waals surface area contributed by atoms with Gasteiger partial charge < -0.3 is 15.2 Å². The van der Waals surface area contributed by atoms with Crippen LogP contribution in [0, 0.1) is 12.8 Å². The molecule has 0 radical (unpaired) electrons. The van der Waals surface area contributed by atoms with E-state index in [4.69, 9.17) is 4.74 Å². The molecule has 1 saturated carbocycles. The van der Waals surface area contributed by atoms with Crippen LogP contribution in [0.5, 0.6) is 5.75 Å². The van der Waals surface area contributed by atoms with Gasteiger partial charge in [0.2, 0.25) is 0 Å². The zero-order valence-corrected chi connectivity index (χ0v) is 15.4. The van der Waals surface area contributed by atoms with Crippen LogP contribution in [0.4, 0.5) is 0 Å². The lowest BCUT2D eigenvalue weighted by molar-refractivity contribution is -0.143. The van der Waals surface area contributed by atoms with Crippen LogP contribution < -0.4 is 10.1 Å². The molecule has 140 valence electrons. The smallest absolute Gasteiger partial charge is 0.306 e. The zero-order valence-electron chi connectivity index (χ0n) is 15.4. The average Bonchev–Trinajstić information content (AvgIpc) is 2.98. The van der Waals surface area contributed by atoms with Crippen molar-refractivity contribution in [3.63, 3.8) is 0 Å². The predicted octanol–water partition coefficient (Wildman–Crippen LogP) is 1.93. The molecule has 8 nitrogen and oxygen atoms in total. The first kappa shape index (κ1) is 18.3. The first-order chi connectivity index (χ1) is 12.5. The maximum Gasteiger partial charge on any atom is 0.306 e. The fraction of sp³-hybridized carbons (Fsp3) is 0.556. The summed E-state index contributed by atoms with van der Waals surface area (Å²) >= 11 is 0. The number of carbonyl (C=O) groups is 1. The topological polar surface area (TPSA) is 102 Å². The summed E-state index contributed by atoms with van der Waals surface area (Å²) in [4.78, 5) is 15.9. The van der Waals surface area contributed by atoms with Gasteiger partial charge in [-0.15, -0.1) is 5.10 Å². The molecule has 2 N–H and O–H groups in total. The van der Waals surface area contributed by atoms with Crippen LogP contribution in [0.1, 0.15) is 37.1 Å². The Morgan fingerprint density at radius 2 is 2.23 bits per heavy atom. The summed E-state index contributed by atoms with van der Waals surface area (Å²) in [5.41, 5.74) is 3.23. The van der Waals surface area contributed by atoms with E-state index in [2.05, 4.69) is 20.6 Å². The lowest BCUT2D eigenvalue weighted by Gasteiger charge is -2.27. The fourth-order valence-electron chi connectivity index (χ4n) is 3.40. The summed E-state index contributed by atoms with van der Waals surface area (Å²) in [5.74, 6) is -0.350. The van der Waals surface area contributed by atoms with E-state index in [-0.39, 0.29) is 12.0 Å². The van der Waals surface area contributed by atoms with Crippen molar-refractivity contribution in [2.75, 3.05) is 7.05 Å². The highest BCUT2D eigenvalue weighted by Gasteiger charge is 2.28. The van der Waals surface area contributed by atoms with Crippen molar-refractivity contribution in [2.45, 2.75) is 45.3 Å². The van der Waals surface area contributed by atoms with Crippen LogP contribution in [0.15, 0.2) is 12.1 Å². The van der Waals surface area contributed by atoms with Crippen molar-refractivity contribution in [3.8, 4) is 17.1 Å². The van der Waals surface area contributed by atoms with Crippen LogP contribution in [-0.2, 0) is 18.4 Å². The molecule has 0 bridgehead atoms. The number of pyridine rings is 1. The number of carboxylic acid groups (broad SMARTS) is 1. The summed E-state index contributed by atoms with van der Waals surface area (Å²) < 4.78 is 7.80. The van der Waals surface area contributed by atoms with E-state index in [1.54, 1.807) is 4.68 Å². The molecular formula is C18H25N5O3. The van der Waals surface area contributed by atoms with E-state index in [1.165, 1.54) is 0 Å². The third kappa shape index (κ3) is 3.85. The van der Waals surface area contributed by atoms with E-state index < -0.39 is 5.97 Å². The number of nitrogens with one attached hydrogen (secondary N) is 1. The highest BCUT2D eigenvalue weighted by atomic mass is 16.5. The Morgan fingerprint density at radius 1 is 1.42 bits per heavy atom. The number of rotatable bonds is 6. The summed E-state index contributed by atoms with van der Waals surface area (Å²) in [6, 6.07) is 3.77. The van der Waals surface area contributed by atoms with Gasteiger partial charge in [0.1, 0.15) is 11.4 Å². The van der Waals surface area contributed by atoms with Gasteiger partial charge in [0, 0.05) is 13.6 Å². The van der Waals surface area contributed by atoms with Crippen molar-refractivity contribution in [2.24, 2.45) is 13.0 Å². The summed E-state index contributed by atoms with van der Waals surface area (Å²) in [7, 11) is 3.73. The summed E-state index contributed by atoms with van der Waals surface area (Å²) in [5, 5.41) is 20.6. The van der Waals surface area contributed by atoms with Gasteiger partial charge in [-0.1, -0.05) is 5.21 Å². The minimum atomic E-state index is -0.733. The van der Waals surface area contributed by atoms with Crippen molar-refractivity contribution in [1.29, 1.82) is 0 Å². The molecule has 0 unspecified atom stereocenters. The third-order valence-corrected chi connectivity index (χ3v) is 4.84. The molecule has 3 rings (SSSR count). The molecule has 0 aliphatic heterocycles. The van der Waals surface area contributed by atoms with Gasteiger partial charge in [-0.3, -0.25) is 9.48 Å². The predicted molar refractivity (Wildman–Crippen MR) is 95.7 cm³/mol. The lowest BCUT2D eigenvalue weighted by Crippen LogP contribution is -2.29. The number of hydrogen-bond donors (Lipinski definition) is 2. The minimum Gasteiger partial charge on any atom is -0.489 e. The molecule has 8 heteroatoms. The minimum absolute atomic E-state index is 0.0763. The maximum absolute atomic E-state index is 11.2. The highest BCUT2D eigenvalue weighted by molar-refractivity contribution is 5.70. The van der Waals surface area contributed by atoms with Gasteiger partial charge >= 0.3 is 5.97 Å². The number of hydrogen-bond acceptors (Lipinski definition) is 6. The lowest BCUT2D eigenvalue weighted by atomic mass is 9.87. The molecule has 2 atom stereocenters. The van der Waals surface area contributed by atoms with Crippen molar-refractivity contribution in [3.05, 3.63) is 23.5 Å². The van der Waals surface area contributed by atoms with E-state index in [0.29, 0.717) is 18.7 Å². The number of ether oxygens (including phenoxy) is 1. The first-order valence-corrected chi connectivity index (χ1v) is 8.90. The number of aromatic nitrogens is 4. The van der Waals surface area contributed by atoms with Crippen LogP contribution in [-0.4, -0.2) is 44.2 Å². The van der Waals surface area contributed by atoms with Crippen molar-refractivity contribution in [1.82, 2.24) is 25.3 Å². The highest BCUT2D eigenvalue weighted by Crippen LogP contribution is 2.30. The van der Waals surface area contributed by atoms with Gasteiger partial charge in [0.25, 0.3) is 0 Å². The molecular weight excluding hydrogens is 334 g/mol. The molecule has 2 aromatic rings. The van der Waals surface area contributed by atoms with E-state index in [9.17, 15) is 9.90 Å².